The highest BCUT2D eigenvalue weighted by atomic mass is 32.2. The lowest BCUT2D eigenvalue weighted by Crippen LogP contribution is -2.43. The van der Waals surface area contributed by atoms with Crippen LogP contribution in [0.4, 0.5) is 5.69 Å². The van der Waals surface area contributed by atoms with Gasteiger partial charge in [-0.25, -0.2) is 8.42 Å². The van der Waals surface area contributed by atoms with Crippen molar-refractivity contribution < 1.29 is 18.3 Å². The van der Waals surface area contributed by atoms with Crippen molar-refractivity contribution in [2.24, 2.45) is 0 Å². The lowest BCUT2D eigenvalue weighted by atomic mass is 10.1. The van der Waals surface area contributed by atoms with Crippen LogP contribution in [0.15, 0.2) is 18.2 Å². The maximum atomic E-state index is 12.2. The van der Waals surface area contributed by atoms with E-state index < -0.39 is 20.5 Å². The summed E-state index contributed by atoms with van der Waals surface area (Å²) >= 11 is 0. The second kappa shape index (κ2) is 6.29. The van der Waals surface area contributed by atoms with Crippen molar-refractivity contribution in [3.63, 3.8) is 0 Å². The summed E-state index contributed by atoms with van der Waals surface area (Å²) in [7, 11) is -3.53. The Morgan fingerprint density at radius 3 is 2.48 bits per heavy atom. The molecule has 0 bridgehead atoms. The molecule has 0 fully saturated rings. The van der Waals surface area contributed by atoms with Crippen molar-refractivity contribution >= 4 is 21.4 Å². The summed E-state index contributed by atoms with van der Waals surface area (Å²) in [5.74, 6) is 4.67. The number of anilines is 1. The summed E-state index contributed by atoms with van der Waals surface area (Å²) in [6, 6.07) is 5.16. The van der Waals surface area contributed by atoms with Crippen LogP contribution in [0.1, 0.15) is 25.0 Å². The van der Waals surface area contributed by atoms with E-state index in [1.165, 1.54) is 13.8 Å². The topological polar surface area (TPSA) is 83.5 Å². The monoisotopic (exact) mass is 309 g/mol. The Kier molecular flexibility index (Phi) is 5.15. The molecule has 6 heteroatoms. The number of benzene rings is 1. The van der Waals surface area contributed by atoms with Gasteiger partial charge in [0.25, 0.3) is 0 Å². The molecule has 1 rings (SSSR count). The molecule has 0 atom stereocenters. The van der Waals surface area contributed by atoms with Gasteiger partial charge in [0.15, 0.2) is 9.84 Å². The van der Waals surface area contributed by atoms with Gasteiger partial charge in [0, 0.05) is 17.5 Å². The lowest BCUT2D eigenvalue weighted by molar-refractivity contribution is -0.117. The third kappa shape index (κ3) is 4.31. The number of rotatable bonds is 3. The molecule has 0 aliphatic carbocycles. The van der Waals surface area contributed by atoms with Gasteiger partial charge >= 0.3 is 0 Å². The van der Waals surface area contributed by atoms with E-state index in [2.05, 4.69) is 17.2 Å². The number of aliphatic hydroxyl groups is 1. The Balaban J connectivity index is 3.09. The number of carbonyl (C=O) groups excluding carboxylic acids is 1. The smallest absolute Gasteiger partial charge is 0.245 e. The van der Waals surface area contributed by atoms with Gasteiger partial charge < -0.3 is 10.4 Å². The quantitative estimate of drug-likeness (QED) is 0.819. The average molecular weight is 309 g/mol. The normalized spacial score (nSPS) is 11.5. The molecule has 0 aliphatic heterocycles. The van der Waals surface area contributed by atoms with Crippen LogP contribution < -0.4 is 5.32 Å². The zero-order valence-electron chi connectivity index (χ0n) is 12.5. The molecule has 1 amide bonds. The van der Waals surface area contributed by atoms with Crippen LogP contribution in [-0.4, -0.2) is 37.0 Å². The van der Waals surface area contributed by atoms with Gasteiger partial charge in [-0.1, -0.05) is 11.8 Å². The van der Waals surface area contributed by atoms with Crippen LogP contribution in [0.25, 0.3) is 0 Å². The largest absolute Gasteiger partial charge is 0.384 e. The van der Waals surface area contributed by atoms with Crippen LogP contribution in [0.2, 0.25) is 0 Å². The maximum absolute atomic E-state index is 12.2. The molecule has 2 N–H and O–H groups in total. The summed E-state index contributed by atoms with van der Waals surface area (Å²) in [6.07, 6.45) is 1.03. The van der Waals surface area contributed by atoms with Gasteiger partial charge in [-0.05, 0) is 44.5 Å². The number of amides is 1. The minimum atomic E-state index is -3.53. The highest BCUT2D eigenvalue weighted by Gasteiger charge is 2.38. The van der Waals surface area contributed by atoms with E-state index in [1.54, 1.807) is 18.2 Å². The molecule has 0 spiro atoms. The van der Waals surface area contributed by atoms with Crippen LogP contribution in [-0.2, 0) is 14.6 Å². The standard InChI is InChI=1S/C15H19NO4S/c1-11-8-12(6-5-7-17)10-13(9-11)16-14(18)15(2,3)21(4,19)20/h8-10,17H,7H2,1-4H3,(H,16,18). The summed E-state index contributed by atoms with van der Waals surface area (Å²) in [4.78, 5) is 12.2. The average Bonchev–Trinajstić information content (AvgIpc) is 2.34. The number of hydrogen-bond donors (Lipinski definition) is 2. The molecule has 1 aromatic carbocycles. The SMILES string of the molecule is Cc1cc(C#CCO)cc(NC(=O)C(C)(C)S(C)(=O)=O)c1. The zero-order valence-corrected chi connectivity index (χ0v) is 13.3. The Bertz CT molecular complexity index is 709. The van der Waals surface area contributed by atoms with Gasteiger partial charge in [0.1, 0.15) is 11.4 Å². The van der Waals surface area contributed by atoms with Crippen molar-refractivity contribution in [3.8, 4) is 11.8 Å². The fourth-order valence-corrected chi connectivity index (χ4v) is 1.91. The summed E-state index contributed by atoms with van der Waals surface area (Å²) < 4.78 is 21.8. The number of carbonyl (C=O) groups is 1. The molecular weight excluding hydrogens is 290 g/mol. The van der Waals surface area contributed by atoms with Crippen LogP contribution in [0.5, 0.6) is 0 Å². The number of nitrogens with one attached hydrogen (secondary N) is 1. The first-order valence-electron chi connectivity index (χ1n) is 6.30. The second-order valence-corrected chi connectivity index (χ2v) is 7.85. The van der Waals surface area contributed by atoms with E-state index in [-0.39, 0.29) is 6.61 Å². The van der Waals surface area contributed by atoms with Crippen LogP contribution in [0.3, 0.4) is 0 Å². The number of aliphatic hydroxyl groups excluding tert-OH is 1. The molecule has 21 heavy (non-hydrogen) atoms. The van der Waals surface area contributed by atoms with E-state index in [0.717, 1.165) is 11.8 Å². The highest BCUT2D eigenvalue weighted by molar-refractivity contribution is 7.92. The van der Waals surface area contributed by atoms with Crippen molar-refractivity contribution in [1.29, 1.82) is 0 Å². The zero-order chi connectivity index (χ0) is 16.3. The minimum Gasteiger partial charge on any atom is -0.384 e. The molecule has 0 aromatic heterocycles. The summed E-state index contributed by atoms with van der Waals surface area (Å²) in [5.41, 5.74) is 1.97. The maximum Gasteiger partial charge on any atom is 0.245 e. The fourth-order valence-electron chi connectivity index (χ4n) is 1.52. The summed E-state index contributed by atoms with van der Waals surface area (Å²) in [6.45, 7) is 4.30. The van der Waals surface area contributed by atoms with E-state index >= 15 is 0 Å². The van der Waals surface area contributed by atoms with E-state index in [9.17, 15) is 13.2 Å². The third-order valence-electron chi connectivity index (χ3n) is 3.12. The second-order valence-electron chi connectivity index (χ2n) is 5.28. The minimum absolute atomic E-state index is 0.253. The molecule has 0 saturated carbocycles. The molecule has 0 saturated heterocycles. The first-order valence-corrected chi connectivity index (χ1v) is 8.19. The number of hydrogen-bond acceptors (Lipinski definition) is 4. The van der Waals surface area contributed by atoms with Gasteiger partial charge in [-0.2, -0.15) is 0 Å². The molecule has 0 heterocycles. The summed E-state index contributed by atoms with van der Waals surface area (Å²) in [5, 5.41) is 11.3. The third-order valence-corrected chi connectivity index (χ3v) is 5.16. The Labute approximate surface area is 125 Å². The predicted molar refractivity (Wildman–Crippen MR) is 82.7 cm³/mol. The molecular formula is C15H19NO4S. The lowest BCUT2D eigenvalue weighted by Gasteiger charge is -2.21. The van der Waals surface area contributed by atoms with E-state index in [4.69, 9.17) is 5.11 Å². The van der Waals surface area contributed by atoms with E-state index in [1.807, 2.05) is 6.92 Å². The van der Waals surface area contributed by atoms with Crippen LogP contribution in [0, 0.1) is 18.8 Å². The number of aryl methyl sites for hydroxylation is 1. The van der Waals surface area contributed by atoms with Crippen molar-refractivity contribution in [2.45, 2.75) is 25.5 Å². The molecule has 0 unspecified atom stereocenters. The highest BCUT2D eigenvalue weighted by Crippen LogP contribution is 2.20. The van der Waals surface area contributed by atoms with Gasteiger partial charge in [0.2, 0.25) is 5.91 Å². The fraction of sp³-hybridized carbons (Fsp3) is 0.400. The molecule has 5 nitrogen and oxygen atoms in total. The Morgan fingerprint density at radius 1 is 1.33 bits per heavy atom. The Morgan fingerprint density at radius 2 is 1.95 bits per heavy atom. The molecule has 0 radical (unpaired) electrons. The molecule has 114 valence electrons. The van der Waals surface area contributed by atoms with Crippen molar-refractivity contribution in [2.75, 3.05) is 18.2 Å². The van der Waals surface area contributed by atoms with Crippen molar-refractivity contribution in [3.05, 3.63) is 29.3 Å². The molecule has 0 aliphatic rings. The van der Waals surface area contributed by atoms with E-state index in [0.29, 0.717) is 11.3 Å². The first-order chi connectivity index (χ1) is 9.57. The predicted octanol–water partition coefficient (Wildman–Crippen LogP) is 1.10. The van der Waals surface area contributed by atoms with Gasteiger partial charge in [0.05, 0.1) is 0 Å². The van der Waals surface area contributed by atoms with Gasteiger partial charge in [-0.3, -0.25) is 4.79 Å². The molecule has 1 aromatic rings. The number of sulfone groups is 1. The Hall–Kier alpha value is -1.84. The van der Waals surface area contributed by atoms with Crippen LogP contribution >= 0.6 is 0 Å². The van der Waals surface area contributed by atoms with Gasteiger partial charge in [-0.15, -0.1) is 0 Å². The first kappa shape index (κ1) is 17.2. The van der Waals surface area contributed by atoms with Crippen molar-refractivity contribution in [1.82, 2.24) is 0 Å².